The molecule has 2 aromatic carbocycles. The predicted molar refractivity (Wildman–Crippen MR) is 104 cm³/mol. The minimum atomic E-state index is -0.439. The van der Waals surface area contributed by atoms with Gasteiger partial charge in [0.2, 0.25) is 5.95 Å². The van der Waals surface area contributed by atoms with Gasteiger partial charge in [-0.1, -0.05) is 6.07 Å². The van der Waals surface area contributed by atoms with Gasteiger partial charge in [0.1, 0.15) is 5.75 Å². The van der Waals surface area contributed by atoms with E-state index in [4.69, 9.17) is 4.74 Å². The van der Waals surface area contributed by atoms with Gasteiger partial charge in [-0.25, -0.2) is 14.8 Å². The number of methoxy groups -OCH3 is 2. The molecule has 0 aliphatic rings. The van der Waals surface area contributed by atoms with Crippen molar-refractivity contribution in [2.75, 3.05) is 24.9 Å². The van der Waals surface area contributed by atoms with Gasteiger partial charge in [0.05, 0.1) is 25.3 Å². The van der Waals surface area contributed by atoms with Gasteiger partial charge in [-0.05, 0) is 36.4 Å². The van der Waals surface area contributed by atoms with Gasteiger partial charge in [0, 0.05) is 29.8 Å². The zero-order chi connectivity index (χ0) is 19.9. The highest BCUT2D eigenvalue weighted by Gasteiger charge is 2.10. The Balaban J connectivity index is 1.64. The molecule has 142 valence electrons. The minimum Gasteiger partial charge on any atom is -0.497 e. The number of esters is 1. The van der Waals surface area contributed by atoms with E-state index in [-0.39, 0.29) is 5.91 Å². The van der Waals surface area contributed by atoms with Crippen molar-refractivity contribution < 1.29 is 19.1 Å². The first-order chi connectivity index (χ1) is 13.6. The number of nitrogens with one attached hydrogen (secondary N) is 2. The highest BCUT2D eigenvalue weighted by atomic mass is 16.5. The molecule has 0 unspecified atom stereocenters. The van der Waals surface area contributed by atoms with Crippen molar-refractivity contribution >= 4 is 29.2 Å². The first-order valence-electron chi connectivity index (χ1n) is 8.32. The molecule has 0 saturated heterocycles. The Labute approximate surface area is 161 Å². The van der Waals surface area contributed by atoms with E-state index in [1.54, 1.807) is 31.4 Å². The van der Waals surface area contributed by atoms with Gasteiger partial charge in [-0.2, -0.15) is 0 Å². The zero-order valence-electron chi connectivity index (χ0n) is 15.3. The molecule has 3 aromatic rings. The van der Waals surface area contributed by atoms with Crippen LogP contribution in [0.3, 0.4) is 0 Å². The zero-order valence-corrected chi connectivity index (χ0v) is 15.3. The molecule has 0 radical (unpaired) electrons. The van der Waals surface area contributed by atoms with Crippen molar-refractivity contribution in [3.05, 3.63) is 72.1 Å². The number of anilines is 3. The molecule has 0 saturated carbocycles. The van der Waals surface area contributed by atoms with Crippen LogP contribution in [0.1, 0.15) is 20.7 Å². The lowest BCUT2D eigenvalue weighted by Crippen LogP contribution is -2.13. The number of benzene rings is 2. The molecule has 1 aromatic heterocycles. The Bertz CT molecular complexity index is 972. The summed E-state index contributed by atoms with van der Waals surface area (Å²) in [4.78, 5) is 32.1. The van der Waals surface area contributed by atoms with Crippen LogP contribution in [0.25, 0.3) is 0 Å². The number of carbonyl (C=O) groups is 2. The lowest BCUT2D eigenvalue weighted by Gasteiger charge is -2.08. The molecule has 1 heterocycles. The molecule has 8 heteroatoms. The molecule has 1 amide bonds. The summed E-state index contributed by atoms with van der Waals surface area (Å²) in [5.74, 6) is 0.260. The Morgan fingerprint density at radius 3 is 2.25 bits per heavy atom. The van der Waals surface area contributed by atoms with Crippen LogP contribution in [0.15, 0.2) is 60.9 Å². The first kappa shape index (κ1) is 18.8. The number of ether oxygens (including phenoxy) is 2. The summed E-state index contributed by atoms with van der Waals surface area (Å²) in [6, 6.07) is 13.7. The lowest BCUT2D eigenvalue weighted by molar-refractivity contribution is 0.0600. The average Bonchev–Trinajstić information content (AvgIpc) is 2.74. The van der Waals surface area contributed by atoms with E-state index in [1.807, 2.05) is 24.3 Å². The third-order valence-corrected chi connectivity index (χ3v) is 3.80. The second kappa shape index (κ2) is 8.63. The Kier molecular flexibility index (Phi) is 5.81. The molecule has 2 N–H and O–H groups in total. The van der Waals surface area contributed by atoms with Crippen molar-refractivity contribution in [1.82, 2.24) is 9.97 Å². The second-order valence-corrected chi connectivity index (χ2v) is 5.68. The molecule has 8 nitrogen and oxygen atoms in total. The summed E-state index contributed by atoms with van der Waals surface area (Å²) in [5.41, 5.74) is 2.00. The standard InChI is InChI=1S/C20H18N4O4/c1-27-17-5-3-4-16(10-17)24-20-21-11-14(12-22-20)18(25)23-15-8-6-13(7-9-15)19(26)28-2/h3-12H,1-2H3,(H,23,25)(H,21,22,24). The number of hydrogen-bond acceptors (Lipinski definition) is 7. The summed E-state index contributed by atoms with van der Waals surface area (Å²) in [6.07, 6.45) is 2.85. The van der Waals surface area contributed by atoms with E-state index in [2.05, 4.69) is 25.3 Å². The van der Waals surface area contributed by atoms with Crippen LogP contribution in [-0.4, -0.2) is 36.1 Å². The van der Waals surface area contributed by atoms with Crippen LogP contribution in [0.2, 0.25) is 0 Å². The van der Waals surface area contributed by atoms with Crippen LogP contribution in [0.5, 0.6) is 5.75 Å². The SMILES string of the molecule is COC(=O)c1ccc(NC(=O)c2cnc(Nc3cccc(OC)c3)nc2)cc1. The molecule has 28 heavy (non-hydrogen) atoms. The fraction of sp³-hybridized carbons (Fsp3) is 0.100. The Morgan fingerprint density at radius 2 is 1.61 bits per heavy atom. The second-order valence-electron chi connectivity index (χ2n) is 5.68. The smallest absolute Gasteiger partial charge is 0.337 e. The minimum absolute atomic E-state index is 0.299. The molecule has 0 spiro atoms. The maximum Gasteiger partial charge on any atom is 0.337 e. The largest absolute Gasteiger partial charge is 0.497 e. The van der Waals surface area contributed by atoms with Crippen molar-refractivity contribution in [1.29, 1.82) is 0 Å². The van der Waals surface area contributed by atoms with Crippen LogP contribution < -0.4 is 15.4 Å². The summed E-state index contributed by atoms with van der Waals surface area (Å²) in [5, 5.41) is 5.76. The van der Waals surface area contributed by atoms with Crippen LogP contribution >= 0.6 is 0 Å². The van der Waals surface area contributed by atoms with Gasteiger partial charge in [0.15, 0.2) is 0 Å². The van der Waals surface area contributed by atoms with Crippen molar-refractivity contribution in [2.45, 2.75) is 0 Å². The van der Waals surface area contributed by atoms with Gasteiger partial charge in [-0.3, -0.25) is 4.79 Å². The molecule has 0 bridgehead atoms. The van der Waals surface area contributed by atoms with E-state index in [1.165, 1.54) is 19.5 Å². The number of nitrogens with zero attached hydrogens (tertiary/aromatic N) is 2. The van der Waals surface area contributed by atoms with Gasteiger partial charge in [0.25, 0.3) is 5.91 Å². The van der Waals surface area contributed by atoms with Crippen molar-refractivity contribution in [3.8, 4) is 5.75 Å². The molecule has 0 aliphatic heterocycles. The van der Waals surface area contributed by atoms with Crippen LogP contribution in [0.4, 0.5) is 17.3 Å². The predicted octanol–water partition coefficient (Wildman–Crippen LogP) is 3.27. The van der Waals surface area contributed by atoms with E-state index < -0.39 is 5.97 Å². The van der Waals surface area contributed by atoms with Gasteiger partial charge in [-0.15, -0.1) is 0 Å². The monoisotopic (exact) mass is 378 g/mol. The van der Waals surface area contributed by atoms with E-state index in [0.29, 0.717) is 28.5 Å². The Hall–Kier alpha value is -3.94. The van der Waals surface area contributed by atoms with E-state index in [9.17, 15) is 9.59 Å². The number of carbonyl (C=O) groups excluding carboxylic acids is 2. The maximum atomic E-state index is 12.3. The fourth-order valence-corrected chi connectivity index (χ4v) is 2.35. The summed E-state index contributed by atoms with van der Waals surface area (Å²) in [7, 11) is 2.90. The normalized spacial score (nSPS) is 10.1. The van der Waals surface area contributed by atoms with Gasteiger partial charge >= 0.3 is 5.97 Å². The van der Waals surface area contributed by atoms with Crippen LogP contribution in [0, 0.1) is 0 Å². The molecule has 3 rings (SSSR count). The topological polar surface area (TPSA) is 102 Å². The molecule has 0 fully saturated rings. The number of hydrogen-bond donors (Lipinski definition) is 2. The molecular weight excluding hydrogens is 360 g/mol. The maximum absolute atomic E-state index is 12.3. The lowest BCUT2D eigenvalue weighted by atomic mass is 10.2. The summed E-state index contributed by atoms with van der Waals surface area (Å²) < 4.78 is 9.80. The molecule has 0 atom stereocenters. The van der Waals surface area contributed by atoms with Crippen molar-refractivity contribution in [2.24, 2.45) is 0 Å². The summed E-state index contributed by atoms with van der Waals surface area (Å²) >= 11 is 0. The fourth-order valence-electron chi connectivity index (χ4n) is 2.35. The van der Waals surface area contributed by atoms with E-state index >= 15 is 0 Å². The first-order valence-corrected chi connectivity index (χ1v) is 8.32. The average molecular weight is 378 g/mol. The molecular formula is C20H18N4O4. The number of rotatable bonds is 6. The number of amides is 1. The van der Waals surface area contributed by atoms with Crippen LogP contribution in [-0.2, 0) is 4.74 Å². The van der Waals surface area contributed by atoms with Gasteiger partial charge < -0.3 is 20.1 Å². The van der Waals surface area contributed by atoms with E-state index in [0.717, 1.165) is 5.69 Å². The van der Waals surface area contributed by atoms with Crippen molar-refractivity contribution in [3.63, 3.8) is 0 Å². The third kappa shape index (κ3) is 4.61. The number of aromatic nitrogens is 2. The summed E-state index contributed by atoms with van der Waals surface area (Å²) in [6.45, 7) is 0. The third-order valence-electron chi connectivity index (χ3n) is 3.80. The molecule has 0 aliphatic carbocycles. The Morgan fingerprint density at radius 1 is 0.893 bits per heavy atom. The quantitative estimate of drug-likeness (QED) is 0.635. The highest BCUT2D eigenvalue weighted by Crippen LogP contribution is 2.19. The highest BCUT2D eigenvalue weighted by molar-refractivity contribution is 6.04.